The lowest BCUT2D eigenvalue weighted by atomic mass is 9.94. The first-order valence-corrected chi connectivity index (χ1v) is 6.35. The molecule has 1 aromatic rings. The van der Waals surface area contributed by atoms with E-state index in [2.05, 4.69) is 4.98 Å². The normalized spacial score (nSPS) is 19.3. The number of hydrogen-bond acceptors (Lipinski definition) is 5. The average molecular weight is 263 g/mol. The molecule has 0 spiro atoms. The van der Waals surface area contributed by atoms with Gasteiger partial charge < -0.3 is 4.90 Å². The minimum atomic E-state index is -0.410. The zero-order valence-corrected chi connectivity index (χ0v) is 11.1. The lowest BCUT2D eigenvalue weighted by molar-refractivity contribution is -0.384. The Morgan fingerprint density at radius 3 is 2.95 bits per heavy atom. The van der Waals surface area contributed by atoms with E-state index in [4.69, 9.17) is 0 Å². The van der Waals surface area contributed by atoms with Gasteiger partial charge in [-0.15, -0.1) is 0 Å². The second-order valence-electron chi connectivity index (χ2n) is 5.01. The van der Waals surface area contributed by atoms with Gasteiger partial charge in [-0.3, -0.25) is 14.9 Å². The van der Waals surface area contributed by atoms with E-state index in [0.717, 1.165) is 18.4 Å². The molecule has 102 valence electrons. The fourth-order valence-electron chi connectivity index (χ4n) is 2.43. The summed E-state index contributed by atoms with van der Waals surface area (Å²) in [6.07, 6.45) is 3.34. The van der Waals surface area contributed by atoms with Crippen LogP contribution < -0.4 is 4.90 Å². The van der Waals surface area contributed by atoms with Crippen molar-refractivity contribution in [3.63, 3.8) is 0 Å². The topological polar surface area (TPSA) is 76.3 Å². The Morgan fingerprint density at radius 2 is 2.32 bits per heavy atom. The molecule has 0 aliphatic carbocycles. The minimum absolute atomic E-state index is 0.0178. The summed E-state index contributed by atoms with van der Waals surface area (Å²) < 4.78 is 0. The molecule has 6 heteroatoms. The molecule has 1 aliphatic rings. The SMILES string of the molecule is CC(=O)C1CCCN(c2ncc(C)cc2[N+](=O)[O-])C1. The number of hydrogen-bond donors (Lipinski definition) is 0. The van der Waals surface area contributed by atoms with Crippen LogP contribution in [0.25, 0.3) is 0 Å². The number of carbonyl (C=O) groups excluding carboxylic acids is 1. The summed E-state index contributed by atoms with van der Waals surface area (Å²) in [5.41, 5.74) is 0.778. The van der Waals surface area contributed by atoms with Gasteiger partial charge in [0, 0.05) is 31.3 Å². The lowest BCUT2D eigenvalue weighted by Crippen LogP contribution is -2.38. The molecule has 2 rings (SSSR count). The van der Waals surface area contributed by atoms with Crippen molar-refractivity contribution in [2.75, 3.05) is 18.0 Å². The monoisotopic (exact) mass is 263 g/mol. The van der Waals surface area contributed by atoms with Crippen molar-refractivity contribution in [1.82, 2.24) is 4.98 Å². The Morgan fingerprint density at radius 1 is 1.58 bits per heavy atom. The molecule has 1 aliphatic heterocycles. The van der Waals surface area contributed by atoms with Gasteiger partial charge in [0.2, 0.25) is 5.82 Å². The second-order valence-corrected chi connectivity index (χ2v) is 5.01. The van der Waals surface area contributed by atoms with Gasteiger partial charge in [-0.2, -0.15) is 0 Å². The molecular formula is C13H17N3O3. The first-order valence-electron chi connectivity index (χ1n) is 6.35. The Kier molecular flexibility index (Phi) is 3.78. The Balaban J connectivity index is 2.30. The molecule has 1 unspecified atom stereocenters. The van der Waals surface area contributed by atoms with Crippen molar-refractivity contribution >= 4 is 17.3 Å². The fourth-order valence-corrected chi connectivity index (χ4v) is 2.43. The molecule has 1 atom stereocenters. The Hall–Kier alpha value is -1.98. The van der Waals surface area contributed by atoms with E-state index in [0.29, 0.717) is 18.9 Å². The number of ketones is 1. The fraction of sp³-hybridized carbons (Fsp3) is 0.538. The van der Waals surface area contributed by atoms with Gasteiger partial charge in [0.05, 0.1) is 4.92 Å². The first kappa shape index (κ1) is 13.5. The second kappa shape index (κ2) is 5.34. The van der Waals surface area contributed by atoms with Crippen LogP contribution in [-0.2, 0) is 4.79 Å². The largest absolute Gasteiger partial charge is 0.350 e. The van der Waals surface area contributed by atoms with Gasteiger partial charge >= 0.3 is 5.69 Å². The van der Waals surface area contributed by atoms with E-state index in [1.807, 2.05) is 4.90 Å². The summed E-state index contributed by atoms with van der Waals surface area (Å²) in [4.78, 5) is 28.2. The number of aryl methyl sites for hydroxylation is 1. The number of anilines is 1. The van der Waals surface area contributed by atoms with Crippen LogP contribution >= 0.6 is 0 Å². The maximum Gasteiger partial charge on any atom is 0.311 e. The highest BCUT2D eigenvalue weighted by Gasteiger charge is 2.28. The predicted octanol–water partition coefficient (Wildman–Crippen LogP) is 2.10. The third-order valence-corrected chi connectivity index (χ3v) is 3.48. The molecule has 0 N–H and O–H groups in total. The van der Waals surface area contributed by atoms with E-state index in [1.54, 1.807) is 20.0 Å². The van der Waals surface area contributed by atoms with Crippen LogP contribution in [0.2, 0.25) is 0 Å². The molecule has 1 saturated heterocycles. The summed E-state index contributed by atoms with van der Waals surface area (Å²) in [5.74, 6) is 0.470. The number of pyridine rings is 1. The third-order valence-electron chi connectivity index (χ3n) is 3.48. The molecule has 1 aromatic heterocycles. The zero-order chi connectivity index (χ0) is 14.0. The van der Waals surface area contributed by atoms with Crippen LogP contribution in [0, 0.1) is 23.0 Å². The molecule has 6 nitrogen and oxygen atoms in total. The maximum atomic E-state index is 11.5. The standard InChI is InChI=1S/C13H17N3O3/c1-9-6-12(16(18)19)13(14-7-9)15-5-3-4-11(8-15)10(2)17/h6-7,11H,3-5,8H2,1-2H3. The van der Waals surface area contributed by atoms with E-state index in [9.17, 15) is 14.9 Å². The van der Waals surface area contributed by atoms with Crippen LogP contribution in [-0.4, -0.2) is 28.8 Å². The Labute approximate surface area is 111 Å². The molecule has 1 fully saturated rings. The summed E-state index contributed by atoms with van der Waals surface area (Å²) in [7, 11) is 0. The van der Waals surface area contributed by atoms with Gasteiger partial charge in [0.1, 0.15) is 5.78 Å². The molecule has 0 radical (unpaired) electrons. The number of piperidine rings is 1. The molecule has 0 bridgehead atoms. The van der Waals surface area contributed by atoms with Crippen molar-refractivity contribution in [2.45, 2.75) is 26.7 Å². The molecule has 0 amide bonds. The van der Waals surface area contributed by atoms with E-state index >= 15 is 0 Å². The third kappa shape index (κ3) is 2.89. The molecule has 2 heterocycles. The number of carbonyl (C=O) groups is 1. The van der Waals surface area contributed by atoms with Crippen LogP contribution in [0.5, 0.6) is 0 Å². The van der Waals surface area contributed by atoms with Crippen molar-refractivity contribution < 1.29 is 9.72 Å². The average Bonchev–Trinajstić information content (AvgIpc) is 2.38. The van der Waals surface area contributed by atoms with Gasteiger partial charge in [0.25, 0.3) is 0 Å². The van der Waals surface area contributed by atoms with Gasteiger partial charge in [-0.05, 0) is 32.3 Å². The highest BCUT2D eigenvalue weighted by molar-refractivity contribution is 5.79. The highest BCUT2D eigenvalue weighted by Crippen LogP contribution is 2.30. The first-order chi connectivity index (χ1) is 8.99. The quantitative estimate of drug-likeness (QED) is 0.616. The van der Waals surface area contributed by atoms with E-state index in [1.165, 1.54) is 6.07 Å². The van der Waals surface area contributed by atoms with Crippen molar-refractivity contribution in [3.8, 4) is 0 Å². The van der Waals surface area contributed by atoms with Crippen LogP contribution in [0.3, 0.4) is 0 Å². The summed E-state index contributed by atoms with van der Waals surface area (Å²) in [6.45, 7) is 4.58. The number of nitro groups is 1. The Bertz CT molecular complexity index is 516. The van der Waals surface area contributed by atoms with Crippen molar-refractivity contribution in [1.29, 1.82) is 0 Å². The van der Waals surface area contributed by atoms with Gasteiger partial charge in [0.15, 0.2) is 0 Å². The summed E-state index contributed by atoms with van der Waals surface area (Å²) in [5, 5.41) is 11.1. The van der Waals surface area contributed by atoms with Crippen LogP contribution in [0.1, 0.15) is 25.3 Å². The maximum absolute atomic E-state index is 11.5. The van der Waals surface area contributed by atoms with Crippen LogP contribution in [0.15, 0.2) is 12.3 Å². The van der Waals surface area contributed by atoms with Gasteiger partial charge in [-0.25, -0.2) is 4.98 Å². The number of rotatable bonds is 3. The number of Topliss-reactive ketones (excluding diaryl/α,β-unsaturated/α-hetero) is 1. The minimum Gasteiger partial charge on any atom is -0.350 e. The zero-order valence-electron chi connectivity index (χ0n) is 11.1. The molecule has 0 aromatic carbocycles. The highest BCUT2D eigenvalue weighted by atomic mass is 16.6. The molecule has 19 heavy (non-hydrogen) atoms. The number of aromatic nitrogens is 1. The lowest BCUT2D eigenvalue weighted by Gasteiger charge is -2.32. The van der Waals surface area contributed by atoms with Crippen molar-refractivity contribution in [2.24, 2.45) is 5.92 Å². The van der Waals surface area contributed by atoms with E-state index in [-0.39, 0.29) is 17.4 Å². The molecule has 0 saturated carbocycles. The smallest absolute Gasteiger partial charge is 0.311 e. The predicted molar refractivity (Wildman–Crippen MR) is 71.2 cm³/mol. The molecular weight excluding hydrogens is 246 g/mol. The van der Waals surface area contributed by atoms with E-state index < -0.39 is 4.92 Å². The summed E-state index contributed by atoms with van der Waals surface area (Å²) >= 11 is 0. The van der Waals surface area contributed by atoms with Crippen molar-refractivity contribution in [3.05, 3.63) is 27.9 Å². The number of nitrogens with zero attached hydrogens (tertiary/aromatic N) is 3. The van der Waals surface area contributed by atoms with Crippen LogP contribution in [0.4, 0.5) is 11.5 Å². The van der Waals surface area contributed by atoms with Gasteiger partial charge in [-0.1, -0.05) is 0 Å². The summed E-state index contributed by atoms with van der Waals surface area (Å²) in [6, 6.07) is 1.53.